The van der Waals surface area contributed by atoms with E-state index in [1.807, 2.05) is 11.1 Å². The van der Waals surface area contributed by atoms with Crippen molar-refractivity contribution in [2.45, 2.75) is 26.2 Å². The highest BCUT2D eigenvalue weighted by molar-refractivity contribution is 7.80. The van der Waals surface area contributed by atoms with E-state index >= 15 is 0 Å². The summed E-state index contributed by atoms with van der Waals surface area (Å²) in [4.78, 5) is 0. The molecule has 0 saturated heterocycles. The van der Waals surface area contributed by atoms with E-state index in [0.717, 1.165) is 19.5 Å². The highest BCUT2D eigenvalue weighted by Crippen LogP contribution is 1.95. The van der Waals surface area contributed by atoms with Gasteiger partial charge in [-0.15, -0.1) is 6.58 Å². The van der Waals surface area contributed by atoms with Crippen LogP contribution in [0.2, 0.25) is 0 Å². The maximum Gasteiger partial charge on any atom is 0.178 e. The van der Waals surface area contributed by atoms with E-state index in [1.165, 1.54) is 12.8 Å². The Kier molecular flexibility index (Phi) is 7.63. The van der Waals surface area contributed by atoms with E-state index in [4.69, 9.17) is 18.0 Å². The molecule has 0 unspecified atom stereocenters. The summed E-state index contributed by atoms with van der Waals surface area (Å²) in [5, 5.41) is 2.30. The van der Waals surface area contributed by atoms with Gasteiger partial charge in [0.15, 0.2) is 5.11 Å². The molecular formula is C9H19N3S. The van der Waals surface area contributed by atoms with Gasteiger partial charge in [0, 0.05) is 13.1 Å². The van der Waals surface area contributed by atoms with Gasteiger partial charge < -0.3 is 5.73 Å². The SMILES string of the molecule is C=CCN(CCCCC)NC(N)=S. The van der Waals surface area contributed by atoms with Crippen LogP contribution in [-0.2, 0) is 0 Å². The molecule has 0 spiro atoms. The highest BCUT2D eigenvalue weighted by atomic mass is 32.1. The molecule has 0 aromatic rings. The van der Waals surface area contributed by atoms with Gasteiger partial charge in [-0.1, -0.05) is 25.8 Å². The summed E-state index contributed by atoms with van der Waals surface area (Å²) in [5.74, 6) is 0. The average Bonchev–Trinajstić information content (AvgIpc) is 2.04. The molecule has 0 aromatic heterocycles. The van der Waals surface area contributed by atoms with Crippen molar-refractivity contribution in [3.8, 4) is 0 Å². The second kappa shape index (κ2) is 8.01. The fraction of sp³-hybridized carbons (Fsp3) is 0.667. The molecule has 0 heterocycles. The first-order chi connectivity index (χ1) is 6.20. The molecule has 0 fully saturated rings. The summed E-state index contributed by atoms with van der Waals surface area (Å²) in [6.07, 6.45) is 5.43. The van der Waals surface area contributed by atoms with Crippen LogP contribution in [-0.4, -0.2) is 23.2 Å². The molecule has 3 N–H and O–H groups in total. The lowest BCUT2D eigenvalue weighted by molar-refractivity contribution is 0.257. The van der Waals surface area contributed by atoms with Crippen molar-refractivity contribution in [2.24, 2.45) is 5.73 Å². The summed E-state index contributed by atoms with van der Waals surface area (Å²) in [6.45, 7) is 7.57. The van der Waals surface area contributed by atoms with Crippen LogP contribution in [0.3, 0.4) is 0 Å². The van der Waals surface area contributed by atoms with Crippen LogP contribution in [0.15, 0.2) is 12.7 Å². The third-order valence-electron chi connectivity index (χ3n) is 1.65. The molecule has 0 aliphatic rings. The number of rotatable bonds is 7. The Morgan fingerprint density at radius 2 is 2.31 bits per heavy atom. The highest BCUT2D eigenvalue weighted by Gasteiger charge is 2.01. The lowest BCUT2D eigenvalue weighted by Crippen LogP contribution is -2.45. The zero-order valence-corrected chi connectivity index (χ0v) is 9.07. The largest absolute Gasteiger partial charge is 0.375 e. The third kappa shape index (κ3) is 7.74. The molecular weight excluding hydrogens is 182 g/mol. The first kappa shape index (κ1) is 12.4. The van der Waals surface area contributed by atoms with Gasteiger partial charge in [-0.25, -0.2) is 5.01 Å². The van der Waals surface area contributed by atoms with Gasteiger partial charge >= 0.3 is 0 Å². The number of hydrogen-bond acceptors (Lipinski definition) is 2. The molecule has 0 aliphatic carbocycles. The van der Waals surface area contributed by atoms with Crippen molar-refractivity contribution in [1.29, 1.82) is 0 Å². The standard InChI is InChI=1S/C9H19N3S/c1-3-5-6-8-12(7-4-2)11-9(10)13/h4H,2-3,5-8H2,1H3,(H3,10,11,13). The Bertz CT molecular complexity index is 159. The summed E-state index contributed by atoms with van der Waals surface area (Å²) in [5.41, 5.74) is 8.28. The number of unbranched alkanes of at least 4 members (excludes halogenated alkanes) is 2. The van der Waals surface area contributed by atoms with Crippen molar-refractivity contribution in [3.05, 3.63) is 12.7 Å². The predicted octanol–water partition coefficient (Wildman–Crippen LogP) is 1.41. The summed E-state index contributed by atoms with van der Waals surface area (Å²) in [7, 11) is 0. The van der Waals surface area contributed by atoms with Crippen molar-refractivity contribution in [2.75, 3.05) is 13.1 Å². The molecule has 0 saturated carbocycles. The first-order valence-corrected chi connectivity index (χ1v) is 5.03. The molecule has 13 heavy (non-hydrogen) atoms. The number of nitrogens with zero attached hydrogens (tertiary/aromatic N) is 1. The van der Waals surface area contributed by atoms with Crippen LogP contribution in [0, 0.1) is 0 Å². The minimum atomic E-state index is 0.318. The Hall–Kier alpha value is -0.610. The van der Waals surface area contributed by atoms with Crippen molar-refractivity contribution in [1.82, 2.24) is 10.4 Å². The molecule has 0 atom stereocenters. The second-order valence-corrected chi connectivity index (χ2v) is 3.36. The van der Waals surface area contributed by atoms with Crippen LogP contribution in [0.4, 0.5) is 0 Å². The van der Waals surface area contributed by atoms with E-state index in [9.17, 15) is 0 Å². The van der Waals surface area contributed by atoms with Crippen LogP contribution < -0.4 is 11.2 Å². The number of nitrogens with two attached hydrogens (primary N) is 1. The predicted molar refractivity (Wildman–Crippen MR) is 61.2 cm³/mol. The fourth-order valence-corrected chi connectivity index (χ4v) is 1.19. The van der Waals surface area contributed by atoms with Gasteiger partial charge in [-0.2, -0.15) is 0 Å². The van der Waals surface area contributed by atoms with Gasteiger partial charge in [0.1, 0.15) is 0 Å². The number of hydrazine groups is 1. The maximum atomic E-state index is 5.37. The minimum Gasteiger partial charge on any atom is -0.375 e. The molecule has 0 aliphatic heterocycles. The summed E-state index contributed by atoms with van der Waals surface area (Å²) >= 11 is 4.76. The Morgan fingerprint density at radius 3 is 2.77 bits per heavy atom. The van der Waals surface area contributed by atoms with Crippen molar-refractivity contribution < 1.29 is 0 Å². The molecule has 4 heteroatoms. The Balaban J connectivity index is 3.65. The minimum absolute atomic E-state index is 0.318. The van der Waals surface area contributed by atoms with E-state index in [-0.39, 0.29) is 0 Å². The van der Waals surface area contributed by atoms with Crippen LogP contribution >= 0.6 is 12.2 Å². The Labute approximate surface area is 85.9 Å². The van der Waals surface area contributed by atoms with E-state index < -0.39 is 0 Å². The lowest BCUT2D eigenvalue weighted by Gasteiger charge is -2.21. The zero-order valence-electron chi connectivity index (χ0n) is 8.25. The lowest BCUT2D eigenvalue weighted by atomic mass is 10.2. The maximum absolute atomic E-state index is 5.37. The average molecular weight is 201 g/mol. The normalized spacial score (nSPS) is 10.0. The van der Waals surface area contributed by atoms with Crippen molar-refractivity contribution in [3.63, 3.8) is 0 Å². The van der Waals surface area contributed by atoms with E-state index in [2.05, 4.69) is 18.9 Å². The second-order valence-electron chi connectivity index (χ2n) is 2.92. The van der Waals surface area contributed by atoms with Gasteiger partial charge in [-0.05, 0) is 18.6 Å². The number of nitrogens with one attached hydrogen (secondary N) is 1. The van der Waals surface area contributed by atoms with Gasteiger partial charge in [0.2, 0.25) is 0 Å². The number of hydrogen-bond donors (Lipinski definition) is 2. The van der Waals surface area contributed by atoms with Crippen LogP contribution in [0.25, 0.3) is 0 Å². The molecule has 0 bridgehead atoms. The van der Waals surface area contributed by atoms with E-state index in [0.29, 0.717) is 5.11 Å². The molecule has 0 amide bonds. The summed E-state index contributed by atoms with van der Waals surface area (Å²) in [6, 6.07) is 0. The zero-order chi connectivity index (χ0) is 10.1. The monoisotopic (exact) mass is 201 g/mol. The summed E-state index contributed by atoms with van der Waals surface area (Å²) < 4.78 is 0. The van der Waals surface area contributed by atoms with Gasteiger partial charge in [0.25, 0.3) is 0 Å². The Morgan fingerprint density at radius 1 is 1.62 bits per heavy atom. The molecule has 0 radical (unpaired) electrons. The smallest absolute Gasteiger partial charge is 0.178 e. The van der Waals surface area contributed by atoms with Crippen LogP contribution in [0.1, 0.15) is 26.2 Å². The fourth-order valence-electron chi connectivity index (χ4n) is 1.06. The molecule has 76 valence electrons. The molecule has 0 aromatic carbocycles. The van der Waals surface area contributed by atoms with Gasteiger partial charge in [0.05, 0.1) is 0 Å². The van der Waals surface area contributed by atoms with Crippen LogP contribution in [0.5, 0.6) is 0 Å². The quantitative estimate of drug-likeness (QED) is 0.283. The molecule has 0 rings (SSSR count). The first-order valence-electron chi connectivity index (χ1n) is 4.62. The molecule has 3 nitrogen and oxygen atoms in total. The third-order valence-corrected chi connectivity index (χ3v) is 1.74. The number of thiocarbonyl (C=S) groups is 1. The van der Waals surface area contributed by atoms with Crippen molar-refractivity contribution >= 4 is 17.3 Å². The van der Waals surface area contributed by atoms with Gasteiger partial charge in [-0.3, -0.25) is 5.43 Å². The van der Waals surface area contributed by atoms with E-state index in [1.54, 1.807) is 0 Å². The topological polar surface area (TPSA) is 41.3 Å².